The molecule has 0 spiro atoms. The third kappa shape index (κ3) is 2.14. The van der Waals surface area contributed by atoms with Crippen LogP contribution >= 0.6 is 0 Å². The monoisotopic (exact) mass is 267 g/mol. The quantitative estimate of drug-likeness (QED) is 0.790. The van der Waals surface area contributed by atoms with Crippen molar-refractivity contribution < 1.29 is 4.74 Å². The third-order valence-electron chi connectivity index (χ3n) is 3.22. The van der Waals surface area contributed by atoms with Gasteiger partial charge in [0.2, 0.25) is 0 Å². The SMILES string of the molecule is CCOc1ccc(-n2c(CN)nc3ccccc32)cc1. The number of para-hydroxylation sites is 2. The second-order valence-corrected chi connectivity index (χ2v) is 4.48. The molecule has 0 saturated heterocycles. The van der Waals surface area contributed by atoms with E-state index in [2.05, 4.69) is 15.6 Å². The Morgan fingerprint density at radius 3 is 2.55 bits per heavy atom. The Bertz CT molecular complexity index is 716. The van der Waals surface area contributed by atoms with E-state index in [1.54, 1.807) is 0 Å². The minimum Gasteiger partial charge on any atom is -0.494 e. The summed E-state index contributed by atoms with van der Waals surface area (Å²) in [6, 6.07) is 16.0. The van der Waals surface area contributed by atoms with Crippen molar-refractivity contribution >= 4 is 11.0 Å². The Labute approximate surface area is 117 Å². The van der Waals surface area contributed by atoms with Crippen LogP contribution in [0.1, 0.15) is 12.7 Å². The topological polar surface area (TPSA) is 53.1 Å². The van der Waals surface area contributed by atoms with Crippen LogP contribution in [0.2, 0.25) is 0 Å². The van der Waals surface area contributed by atoms with Crippen LogP contribution in [0.3, 0.4) is 0 Å². The lowest BCUT2D eigenvalue weighted by Crippen LogP contribution is -2.06. The van der Waals surface area contributed by atoms with Gasteiger partial charge in [0.05, 0.1) is 24.2 Å². The highest BCUT2D eigenvalue weighted by molar-refractivity contribution is 5.78. The molecule has 4 heteroatoms. The Morgan fingerprint density at radius 1 is 1.10 bits per heavy atom. The molecule has 0 radical (unpaired) electrons. The number of nitrogens with zero attached hydrogens (tertiary/aromatic N) is 2. The lowest BCUT2D eigenvalue weighted by Gasteiger charge is -2.09. The van der Waals surface area contributed by atoms with Crippen molar-refractivity contribution in [2.75, 3.05) is 6.61 Å². The van der Waals surface area contributed by atoms with Crippen LogP contribution in [0, 0.1) is 0 Å². The van der Waals surface area contributed by atoms with Gasteiger partial charge in [-0.25, -0.2) is 4.98 Å². The van der Waals surface area contributed by atoms with Gasteiger partial charge in [-0.3, -0.25) is 4.57 Å². The highest BCUT2D eigenvalue weighted by Crippen LogP contribution is 2.23. The fourth-order valence-electron chi connectivity index (χ4n) is 2.36. The molecule has 1 heterocycles. The number of aromatic nitrogens is 2. The number of hydrogen-bond acceptors (Lipinski definition) is 3. The van der Waals surface area contributed by atoms with Crippen molar-refractivity contribution in [2.24, 2.45) is 5.73 Å². The molecular weight excluding hydrogens is 250 g/mol. The average Bonchev–Trinajstić information content (AvgIpc) is 2.87. The van der Waals surface area contributed by atoms with Crippen molar-refractivity contribution in [2.45, 2.75) is 13.5 Å². The predicted molar refractivity (Wildman–Crippen MR) is 80.1 cm³/mol. The molecule has 0 aliphatic rings. The fourth-order valence-corrected chi connectivity index (χ4v) is 2.36. The van der Waals surface area contributed by atoms with E-state index in [4.69, 9.17) is 10.5 Å². The zero-order chi connectivity index (χ0) is 13.9. The van der Waals surface area contributed by atoms with E-state index in [0.717, 1.165) is 28.3 Å². The zero-order valence-corrected chi connectivity index (χ0v) is 11.4. The van der Waals surface area contributed by atoms with E-state index >= 15 is 0 Å². The molecule has 0 bridgehead atoms. The summed E-state index contributed by atoms with van der Waals surface area (Å²) >= 11 is 0. The van der Waals surface area contributed by atoms with E-state index in [9.17, 15) is 0 Å². The Kier molecular flexibility index (Phi) is 3.39. The van der Waals surface area contributed by atoms with Crippen molar-refractivity contribution in [3.05, 3.63) is 54.4 Å². The molecule has 0 amide bonds. The molecule has 1 aromatic heterocycles. The van der Waals surface area contributed by atoms with Crippen molar-refractivity contribution in [1.82, 2.24) is 9.55 Å². The molecule has 20 heavy (non-hydrogen) atoms. The van der Waals surface area contributed by atoms with Crippen LogP contribution in [0.5, 0.6) is 5.75 Å². The first-order valence-electron chi connectivity index (χ1n) is 6.73. The minimum absolute atomic E-state index is 0.405. The summed E-state index contributed by atoms with van der Waals surface area (Å²) in [5, 5.41) is 0. The Hall–Kier alpha value is -2.33. The van der Waals surface area contributed by atoms with E-state index in [1.807, 2.05) is 49.4 Å². The fraction of sp³-hybridized carbons (Fsp3) is 0.188. The van der Waals surface area contributed by atoms with E-state index < -0.39 is 0 Å². The zero-order valence-electron chi connectivity index (χ0n) is 11.4. The van der Waals surface area contributed by atoms with Crippen LogP contribution in [0.15, 0.2) is 48.5 Å². The van der Waals surface area contributed by atoms with Gasteiger partial charge in [0.1, 0.15) is 11.6 Å². The van der Waals surface area contributed by atoms with E-state index in [0.29, 0.717) is 13.2 Å². The number of hydrogen-bond donors (Lipinski definition) is 1. The number of rotatable bonds is 4. The first kappa shape index (κ1) is 12.7. The molecule has 4 nitrogen and oxygen atoms in total. The molecule has 0 fully saturated rings. The van der Waals surface area contributed by atoms with Crippen molar-refractivity contribution in [3.63, 3.8) is 0 Å². The molecule has 0 saturated carbocycles. The Balaban J connectivity index is 2.12. The highest BCUT2D eigenvalue weighted by atomic mass is 16.5. The molecule has 0 aliphatic heterocycles. The molecule has 2 aromatic carbocycles. The normalized spacial score (nSPS) is 10.9. The van der Waals surface area contributed by atoms with Gasteiger partial charge in [-0.2, -0.15) is 0 Å². The maximum absolute atomic E-state index is 5.82. The molecule has 0 atom stereocenters. The van der Waals surface area contributed by atoms with Crippen LogP contribution in [-0.2, 0) is 6.54 Å². The molecule has 2 N–H and O–H groups in total. The standard InChI is InChI=1S/C16H17N3O/c1-2-20-13-9-7-12(8-10-13)19-15-6-4-3-5-14(15)18-16(19)11-17/h3-10H,2,11,17H2,1H3. The highest BCUT2D eigenvalue weighted by Gasteiger charge is 2.10. The summed E-state index contributed by atoms with van der Waals surface area (Å²) in [6.07, 6.45) is 0. The second kappa shape index (κ2) is 5.35. The smallest absolute Gasteiger partial charge is 0.128 e. The largest absolute Gasteiger partial charge is 0.494 e. The summed E-state index contributed by atoms with van der Waals surface area (Å²) in [6.45, 7) is 3.05. The van der Waals surface area contributed by atoms with Crippen molar-refractivity contribution in [3.8, 4) is 11.4 Å². The average molecular weight is 267 g/mol. The molecule has 3 rings (SSSR count). The molecular formula is C16H17N3O. The molecule has 0 aliphatic carbocycles. The first-order valence-corrected chi connectivity index (χ1v) is 6.73. The minimum atomic E-state index is 0.405. The van der Waals surface area contributed by atoms with Crippen LogP contribution < -0.4 is 10.5 Å². The van der Waals surface area contributed by atoms with Gasteiger partial charge < -0.3 is 10.5 Å². The summed E-state index contributed by atoms with van der Waals surface area (Å²) in [5.74, 6) is 1.73. The van der Waals surface area contributed by atoms with Gasteiger partial charge in [-0.05, 0) is 43.3 Å². The Morgan fingerprint density at radius 2 is 1.85 bits per heavy atom. The summed E-state index contributed by atoms with van der Waals surface area (Å²) in [4.78, 5) is 4.57. The van der Waals surface area contributed by atoms with E-state index in [1.165, 1.54) is 0 Å². The predicted octanol–water partition coefficient (Wildman–Crippen LogP) is 2.88. The van der Waals surface area contributed by atoms with Gasteiger partial charge in [0.25, 0.3) is 0 Å². The first-order chi connectivity index (χ1) is 9.83. The number of nitrogens with two attached hydrogens (primary N) is 1. The van der Waals surface area contributed by atoms with Crippen molar-refractivity contribution in [1.29, 1.82) is 0 Å². The maximum Gasteiger partial charge on any atom is 0.128 e. The molecule has 3 aromatic rings. The van der Waals surface area contributed by atoms with Crippen LogP contribution in [0.4, 0.5) is 0 Å². The van der Waals surface area contributed by atoms with Crippen LogP contribution in [-0.4, -0.2) is 16.2 Å². The lowest BCUT2D eigenvalue weighted by atomic mass is 10.2. The maximum atomic E-state index is 5.82. The van der Waals surface area contributed by atoms with Gasteiger partial charge in [0.15, 0.2) is 0 Å². The number of benzene rings is 2. The van der Waals surface area contributed by atoms with E-state index in [-0.39, 0.29) is 0 Å². The lowest BCUT2D eigenvalue weighted by molar-refractivity contribution is 0.340. The van der Waals surface area contributed by atoms with Gasteiger partial charge in [-0.1, -0.05) is 12.1 Å². The molecule has 0 unspecified atom stereocenters. The van der Waals surface area contributed by atoms with Gasteiger partial charge in [-0.15, -0.1) is 0 Å². The second-order valence-electron chi connectivity index (χ2n) is 4.48. The summed E-state index contributed by atoms with van der Waals surface area (Å²) < 4.78 is 7.56. The number of ether oxygens (including phenoxy) is 1. The summed E-state index contributed by atoms with van der Waals surface area (Å²) in [7, 11) is 0. The van der Waals surface area contributed by atoms with Crippen LogP contribution in [0.25, 0.3) is 16.7 Å². The number of imidazole rings is 1. The third-order valence-corrected chi connectivity index (χ3v) is 3.22. The molecule has 102 valence electrons. The summed E-state index contributed by atoms with van der Waals surface area (Å²) in [5.41, 5.74) is 8.89. The van der Waals surface area contributed by atoms with Gasteiger partial charge in [0, 0.05) is 5.69 Å². The van der Waals surface area contributed by atoms with Gasteiger partial charge >= 0.3 is 0 Å². The number of fused-ring (bicyclic) bond motifs is 1.